The van der Waals surface area contributed by atoms with E-state index in [4.69, 9.17) is 16.3 Å². The van der Waals surface area contributed by atoms with Gasteiger partial charge in [-0.05, 0) is 42.0 Å². The fraction of sp³-hybridized carbons (Fsp3) is 0.111. The van der Waals surface area contributed by atoms with Gasteiger partial charge in [0.25, 0.3) is 5.91 Å². The van der Waals surface area contributed by atoms with Gasteiger partial charge in [-0.25, -0.2) is 4.39 Å². The van der Waals surface area contributed by atoms with Crippen molar-refractivity contribution in [3.63, 3.8) is 0 Å². The SMILES string of the molecule is O=C(COc1ccc(Cl)cc1)Nc1ccn(Cc2cccc(F)c2)n1. The Hall–Kier alpha value is -2.86. The molecular weight excluding hydrogens is 345 g/mol. The molecule has 7 heteroatoms. The monoisotopic (exact) mass is 359 g/mol. The van der Waals surface area contributed by atoms with Crippen LogP contribution in [0.1, 0.15) is 5.56 Å². The standard InChI is InChI=1S/C18H15ClFN3O2/c19-14-4-6-16(7-5-14)25-12-18(24)21-17-8-9-23(22-17)11-13-2-1-3-15(20)10-13/h1-10H,11-12H2,(H,21,22,24). The fourth-order valence-corrected chi connectivity index (χ4v) is 2.32. The van der Waals surface area contributed by atoms with E-state index in [0.29, 0.717) is 23.1 Å². The number of nitrogens with zero attached hydrogens (tertiary/aromatic N) is 2. The molecule has 0 aliphatic heterocycles. The maximum atomic E-state index is 13.2. The number of hydrogen-bond donors (Lipinski definition) is 1. The van der Waals surface area contributed by atoms with Gasteiger partial charge in [0.15, 0.2) is 12.4 Å². The lowest BCUT2D eigenvalue weighted by Gasteiger charge is -2.06. The number of carbonyl (C=O) groups excluding carboxylic acids is 1. The highest BCUT2D eigenvalue weighted by molar-refractivity contribution is 6.30. The average Bonchev–Trinajstić information content (AvgIpc) is 3.01. The summed E-state index contributed by atoms with van der Waals surface area (Å²) < 4.78 is 20.2. The van der Waals surface area contributed by atoms with Crippen molar-refractivity contribution >= 4 is 23.3 Å². The first-order chi connectivity index (χ1) is 12.1. The van der Waals surface area contributed by atoms with Crippen LogP contribution in [0, 0.1) is 5.82 Å². The topological polar surface area (TPSA) is 56.1 Å². The van der Waals surface area contributed by atoms with E-state index in [2.05, 4.69) is 10.4 Å². The molecule has 0 aliphatic rings. The quantitative estimate of drug-likeness (QED) is 0.729. The molecule has 0 fully saturated rings. The van der Waals surface area contributed by atoms with Gasteiger partial charge in [-0.2, -0.15) is 5.10 Å². The van der Waals surface area contributed by atoms with Crippen molar-refractivity contribution in [1.29, 1.82) is 0 Å². The molecule has 0 radical (unpaired) electrons. The van der Waals surface area contributed by atoms with Gasteiger partial charge in [-0.3, -0.25) is 9.48 Å². The Labute approximate surface area is 149 Å². The minimum absolute atomic E-state index is 0.140. The number of rotatable bonds is 6. The van der Waals surface area contributed by atoms with Crippen LogP contribution in [-0.4, -0.2) is 22.3 Å². The summed E-state index contributed by atoms with van der Waals surface area (Å²) in [5, 5.41) is 7.47. The third-order valence-corrected chi connectivity index (χ3v) is 3.58. The van der Waals surface area contributed by atoms with Crippen molar-refractivity contribution in [2.75, 3.05) is 11.9 Å². The molecule has 0 unspecified atom stereocenters. The molecule has 0 bridgehead atoms. The predicted molar refractivity (Wildman–Crippen MR) is 93.3 cm³/mol. The highest BCUT2D eigenvalue weighted by atomic mass is 35.5. The molecule has 1 heterocycles. The van der Waals surface area contributed by atoms with E-state index in [-0.39, 0.29) is 18.3 Å². The molecule has 3 rings (SSSR count). The van der Waals surface area contributed by atoms with Crippen molar-refractivity contribution in [2.24, 2.45) is 0 Å². The largest absolute Gasteiger partial charge is 0.484 e. The highest BCUT2D eigenvalue weighted by Crippen LogP contribution is 2.15. The molecule has 1 amide bonds. The minimum atomic E-state index is -0.328. The lowest BCUT2D eigenvalue weighted by atomic mass is 10.2. The van der Waals surface area contributed by atoms with E-state index in [9.17, 15) is 9.18 Å². The maximum Gasteiger partial charge on any atom is 0.263 e. The Morgan fingerprint density at radius 3 is 2.76 bits per heavy atom. The van der Waals surface area contributed by atoms with Crippen molar-refractivity contribution < 1.29 is 13.9 Å². The molecule has 0 spiro atoms. The van der Waals surface area contributed by atoms with Crippen LogP contribution in [0.3, 0.4) is 0 Å². The van der Waals surface area contributed by atoms with Crippen LogP contribution in [-0.2, 0) is 11.3 Å². The number of amides is 1. The minimum Gasteiger partial charge on any atom is -0.484 e. The summed E-state index contributed by atoms with van der Waals surface area (Å²) >= 11 is 5.78. The lowest BCUT2D eigenvalue weighted by Crippen LogP contribution is -2.20. The number of halogens is 2. The Morgan fingerprint density at radius 2 is 2.00 bits per heavy atom. The van der Waals surface area contributed by atoms with Gasteiger partial charge >= 0.3 is 0 Å². The van der Waals surface area contributed by atoms with Crippen molar-refractivity contribution in [3.05, 3.63) is 77.2 Å². The summed E-state index contributed by atoms with van der Waals surface area (Å²) in [5.41, 5.74) is 0.784. The normalized spacial score (nSPS) is 10.5. The van der Waals surface area contributed by atoms with E-state index >= 15 is 0 Å². The number of aromatic nitrogens is 2. The number of anilines is 1. The first-order valence-electron chi connectivity index (χ1n) is 7.54. The molecule has 128 valence electrons. The van der Waals surface area contributed by atoms with Gasteiger partial charge in [0.2, 0.25) is 0 Å². The Bertz CT molecular complexity index is 865. The molecule has 0 aliphatic carbocycles. The summed E-state index contributed by atoms with van der Waals surface area (Å²) in [5.74, 6) is 0.334. The van der Waals surface area contributed by atoms with E-state index in [0.717, 1.165) is 5.56 Å². The zero-order valence-electron chi connectivity index (χ0n) is 13.2. The smallest absolute Gasteiger partial charge is 0.263 e. The van der Waals surface area contributed by atoms with Crippen LogP contribution >= 0.6 is 11.6 Å². The average molecular weight is 360 g/mol. The van der Waals surface area contributed by atoms with Crippen LogP contribution in [0.25, 0.3) is 0 Å². The molecule has 0 atom stereocenters. The first-order valence-corrected chi connectivity index (χ1v) is 7.92. The molecule has 0 saturated carbocycles. The van der Waals surface area contributed by atoms with E-state index in [1.54, 1.807) is 47.3 Å². The summed E-state index contributed by atoms with van der Waals surface area (Å²) in [4.78, 5) is 11.9. The first kappa shape index (κ1) is 17.0. The highest BCUT2D eigenvalue weighted by Gasteiger charge is 2.07. The second-order valence-corrected chi connectivity index (χ2v) is 5.76. The van der Waals surface area contributed by atoms with Gasteiger partial charge in [0.05, 0.1) is 6.54 Å². The molecule has 0 saturated heterocycles. The second-order valence-electron chi connectivity index (χ2n) is 5.32. The van der Waals surface area contributed by atoms with E-state index in [1.807, 2.05) is 6.07 Å². The molecule has 2 aromatic carbocycles. The van der Waals surface area contributed by atoms with Gasteiger partial charge in [-0.15, -0.1) is 0 Å². The molecule has 1 aromatic heterocycles. The number of hydrogen-bond acceptors (Lipinski definition) is 3. The fourth-order valence-electron chi connectivity index (χ4n) is 2.20. The lowest BCUT2D eigenvalue weighted by molar-refractivity contribution is -0.118. The van der Waals surface area contributed by atoms with E-state index in [1.165, 1.54) is 12.1 Å². The maximum absolute atomic E-state index is 13.2. The van der Waals surface area contributed by atoms with Crippen molar-refractivity contribution in [2.45, 2.75) is 6.54 Å². The van der Waals surface area contributed by atoms with Crippen LogP contribution in [0.4, 0.5) is 10.2 Å². The van der Waals surface area contributed by atoms with Crippen LogP contribution in [0.2, 0.25) is 5.02 Å². The Kier molecular flexibility index (Phi) is 5.30. The molecule has 5 nitrogen and oxygen atoms in total. The molecular formula is C18H15ClFN3O2. The number of ether oxygens (including phenoxy) is 1. The number of benzene rings is 2. The number of nitrogens with one attached hydrogen (secondary N) is 1. The Balaban J connectivity index is 1.52. The summed E-state index contributed by atoms with van der Waals surface area (Å²) in [6.45, 7) is 0.271. The third kappa shape index (κ3) is 5.06. The molecule has 1 N–H and O–H groups in total. The zero-order valence-corrected chi connectivity index (χ0v) is 13.9. The Morgan fingerprint density at radius 1 is 1.20 bits per heavy atom. The van der Waals surface area contributed by atoms with Crippen LogP contribution < -0.4 is 10.1 Å². The summed E-state index contributed by atoms with van der Waals surface area (Å²) in [6, 6.07) is 14.7. The molecule has 25 heavy (non-hydrogen) atoms. The van der Waals surface area contributed by atoms with Crippen molar-refractivity contribution in [3.8, 4) is 5.75 Å². The third-order valence-electron chi connectivity index (χ3n) is 3.33. The van der Waals surface area contributed by atoms with Gasteiger partial charge in [-0.1, -0.05) is 23.7 Å². The van der Waals surface area contributed by atoms with E-state index < -0.39 is 0 Å². The summed E-state index contributed by atoms with van der Waals surface area (Å²) in [6.07, 6.45) is 1.71. The zero-order chi connectivity index (χ0) is 17.6. The second kappa shape index (κ2) is 7.81. The molecule has 3 aromatic rings. The number of carbonyl (C=O) groups is 1. The predicted octanol–water partition coefficient (Wildman–Crippen LogP) is 3.74. The van der Waals surface area contributed by atoms with Gasteiger partial charge in [0.1, 0.15) is 11.6 Å². The summed E-state index contributed by atoms with van der Waals surface area (Å²) in [7, 11) is 0. The van der Waals surface area contributed by atoms with Crippen molar-refractivity contribution in [1.82, 2.24) is 9.78 Å². The van der Waals surface area contributed by atoms with Crippen LogP contribution in [0.15, 0.2) is 60.8 Å². The van der Waals surface area contributed by atoms with Gasteiger partial charge < -0.3 is 10.1 Å². The van der Waals surface area contributed by atoms with Crippen LogP contribution in [0.5, 0.6) is 5.75 Å². The van der Waals surface area contributed by atoms with Gasteiger partial charge in [0, 0.05) is 17.3 Å².